The van der Waals surface area contributed by atoms with Crippen LogP contribution in [0.4, 0.5) is 0 Å². The molecule has 1 amide bonds. The summed E-state index contributed by atoms with van der Waals surface area (Å²) in [6.07, 6.45) is 3.33. The molecule has 0 radical (unpaired) electrons. The van der Waals surface area contributed by atoms with E-state index in [1.54, 1.807) is 11.9 Å². The van der Waals surface area contributed by atoms with Gasteiger partial charge in [-0.25, -0.2) is 4.98 Å². The van der Waals surface area contributed by atoms with Crippen LogP contribution in [0, 0.1) is 0 Å². The summed E-state index contributed by atoms with van der Waals surface area (Å²) >= 11 is 11.9. The Hall–Kier alpha value is -1.58. The predicted molar refractivity (Wildman–Crippen MR) is 83.9 cm³/mol. The predicted octanol–water partition coefficient (Wildman–Crippen LogP) is 4.15. The molecule has 0 saturated heterocycles. The summed E-state index contributed by atoms with van der Waals surface area (Å²) in [5.74, 6) is -0.133. The van der Waals surface area contributed by atoms with Gasteiger partial charge in [-0.2, -0.15) is 0 Å². The molecule has 1 unspecified atom stereocenters. The van der Waals surface area contributed by atoms with Crippen molar-refractivity contribution in [3.8, 4) is 0 Å². The number of aromatic nitrogens is 1. The van der Waals surface area contributed by atoms with Crippen molar-refractivity contribution >= 4 is 29.1 Å². The lowest BCUT2D eigenvalue weighted by Gasteiger charge is -2.26. The Morgan fingerprint density at radius 3 is 2.90 bits per heavy atom. The van der Waals surface area contributed by atoms with Crippen LogP contribution in [0.2, 0.25) is 10.2 Å². The lowest BCUT2D eigenvalue weighted by Crippen LogP contribution is -2.30. The highest BCUT2D eigenvalue weighted by Crippen LogP contribution is 2.36. The van der Waals surface area contributed by atoms with Gasteiger partial charge < -0.3 is 4.90 Å². The molecular weight excluding hydrogens is 307 g/mol. The first-order valence-electron chi connectivity index (χ1n) is 6.74. The van der Waals surface area contributed by atoms with Gasteiger partial charge in [0.15, 0.2) is 0 Å². The van der Waals surface area contributed by atoms with Gasteiger partial charge in [-0.15, -0.1) is 0 Å². The molecule has 1 aromatic carbocycles. The summed E-state index contributed by atoms with van der Waals surface area (Å²) in [7, 11) is 1.81. The van der Waals surface area contributed by atoms with E-state index in [0.717, 1.165) is 12.8 Å². The van der Waals surface area contributed by atoms with Gasteiger partial charge in [-0.1, -0.05) is 47.5 Å². The summed E-state index contributed by atoms with van der Waals surface area (Å²) in [6.45, 7) is 0. The molecule has 0 bridgehead atoms. The van der Waals surface area contributed by atoms with Gasteiger partial charge in [-0.05, 0) is 30.0 Å². The highest BCUT2D eigenvalue weighted by molar-refractivity contribution is 6.35. The van der Waals surface area contributed by atoms with E-state index in [-0.39, 0.29) is 17.1 Å². The van der Waals surface area contributed by atoms with Crippen LogP contribution in [-0.2, 0) is 6.42 Å². The standard InChI is InChI=1S/C16H14Cl2N2O/c1-20(14-7-6-10-4-2-3-5-11(10)14)16(21)12-8-15(18)19-9-13(12)17/h2-5,8-9,14H,6-7H2,1H3. The number of hydrogen-bond acceptors (Lipinski definition) is 2. The molecule has 1 aromatic heterocycles. The smallest absolute Gasteiger partial charge is 0.255 e. The number of benzene rings is 1. The van der Waals surface area contributed by atoms with Crippen molar-refractivity contribution < 1.29 is 4.79 Å². The van der Waals surface area contributed by atoms with Gasteiger partial charge in [0, 0.05) is 13.2 Å². The average Bonchev–Trinajstić information content (AvgIpc) is 2.92. The number of amides is 1. The molecule has 21 heavy (non-hydrogen) atoms. The highest BCUT2D eigenvalue weighted by Gasteiger charge is 2.29. The number of hydrogen-bond donors (Lipinski definition) is 0. The minimum Gasteiger partial charge on any atom is -0.335 e. The molecular formula is C16H14Cl2N2O. The zero-order chi connectivity index (χ0) is 15.0. The topological polar surface area (TPSA) is 33.2 Å². The second-order valence-electron chi connectivity index (χ2n) is 5.16. The van der Waals surface area contributed by atoms with Gasteiger partial charge >= 0.3 is 0 Å². The number of halogens is 2. The van der Waals surface area contributed by atoms with Crippen molar-refractivity contribution in [2.45, 2.75) is 18.9 Å². The van der Waals surface area contributed by atoms with Gasteiger partial charge in [0.05, 0.1) is 16.6 Å². The third-order valence-electron chi connectivity index (χ3n) is 3.94. The molecule has 1 aliphatic rings. The average molecular weight is 321 g/mol. The first-order chi connectivity index (χ1) is 10.1. The van der Waals surface area contributed by atoms with Crippen molar-refractivity contribution in [1.82, 2.24) is 9.88 Å². The molecule has 2 aromatic rings. The maximum absolute atomic E-state index is 12.7. The fourth-order valence-corrected chi connectivity index (χ4v) is 3.19. The van der Waals surface area contributed by atoms with Crippen molar-refractivity contribution in [2.75, 3.05) is 7.05 Å². The highest BCUT2D eigenvalue weighted by atomic mass is 35.5. The second kappa shape index (κ2) is 5.66. The largest absolute Gasteiger partial charge is 0.335 e. The van der Waals surface area contributed by atoms with E-state index in [0.29, 0.717) is 10.6 Å². The summed E-state index contributed by atoms with van der Waals surface area (Å²) in [6, 6.07) is 9.83. The molecule has 0 spiro atoms. The fraction of sp³-hybridized carbons (Fsp3) is 0.250. The fourth-order valence-electron chi connectivity index (χ4n) is 2.85. The van der Waals surface area contributed by atoms with Gasteiger partial charge in [0.1, 0.15) is 5.15 Å². The van der Waals surface area contributed by atoms with E-state index in [1.165, 1.54) is 23.4 Å². The normalized spacial score (nSPS) is 16.6. The van der Waals surface area contributed by atoms with Crippen LogP contribution in [0.5, 0.6) is 0 Å². The molecule has 3 rings (SSSR count). The van der Waals surface area contributed by atoms with Crippen molar-refractivity contribution in [3.05, 3.63) is 63.4 Å². The molecule has 1 heterocycles. The second-order valence-corrected chi connectivity index (χ2v) is 5.95. The van der Waals surface area contributed by atoms with Crippen LogP contribution < -0.4 is 0 Å². The number of rotatable bonds is 2. The van der Waals surface area contributed by atoms with Crippen LogP contribution in [0.3, 0.4) is 0 Å². The first kappa shape index (κ1) is 14.4. The Bertz CT molecular complexity index is 702. The Balaban J connectivity index is 1.91. The Labute approximate surface area is 133 Å². The van der Waals surface area contributed by atoms with Crippen LogP contribution in [0.15, 0.2) is 36.5 Å². The molecule has 3 nitrogen and oxygen atoms in total. The maximum Gasteiger partial charge on any atom is 0.255 e. The molecule has 108 valence electrons. The molecule has 1 aliphatic carbocycles. The number of nitrogens with zero attached hydrogens (tertiary/aromatic N) is 2. The van der Waals surface area contributed by atoms with Gasteiger partial charge in [0.2, 0.25) is 0 Å². The van der Waals surface area contributed by atoms with Crippen molar-refractivity contribution in [2.24, 2.45) is 0 Å². The third kappa shape index (κ3) is 2.63. The van der Waals surface area contributed by atoms with Crippen molar-refractivity contribution in [1.29, 1.82) is 0 Å². The van der Waals surface area contributed by atoms with Crippen molar-refractivity contribution in [3.63, 3.8) is 0 Å². The van der Waals surface area contributed by atoms with Gasteiger partial charge in [-0.3, -0.25) is 4.79 Å². The molecule has 0 fully saturated rings. The Morgan fingerprint density at radius 2 is 2.10 bits per heavy atom. The minimum absolute atomic E-state index is 0.0803. The Morgan fingerprint density at radius 1 is 1.33 bits per heavy atom. The van der Waals surface area contributed by atoms with E-state index in [4.69, 9.17) is 23.2 Å². The summed E-state index contributed by atoms with van der Waals surface area (Å²) in [5.41, 5.74) is 2.91. The SMILES string of the molecule is CN(C(=O)c1cc(Cl)ncc1Cl)C1CCc2ccccc21. The number of carbonyl (C=O) groups excluding carboxylic acids is 1. The number of aryl methyl sites for hydroxylation is 1. The molecule has 0 aliphatic heterocycles. The van der Waals surface area contributed by atoms with E-state index in [1.807, 2.05) is 12.1 Å². The van der Waals surface area contributed by atoms with Crippen LogP contribution in [-0.4, -0.2) is 22.8 Å². The quantitative estimate of drug-likeness (QED) is 0.779. The summed E-state index contributed by atoms with van der Waals surface area (Å²) < 4.78 is 0. The van der Waals surface area contributed by atoms with E-state index in [9.17, 15) is 4.79 Å². The lowest BCUT2D eigenvalue weighted by atomic mass is 10.1. The van der Waals surface area contributed by atoms with E-state index in [2.05, 4.69) is 17.1 Å². The number of carbonyl (C=O) groups is 1. The van der Waals surface area contributed by atoms with E-state index < -0.39 is 0 Å². The molecule has 0 N–H and O–H groups in total. The van der Waals surface area contributed by atoms with E-state index >= 15 is 0 Å². The minimum atomic E-state index is -0.133. The van der Waals surface area contributed by atoms with Crippen LogP contribution in [0.25, 0.3) is 0 Å². The monoisotopic (exact) mass is 320 g/mol. The zero-order valence-corrected chi connectivity index (χ0v) is 13.0. The third-order valence-corrected chi connectivity index (χ3v) is 4.45. The lowest BCUT2D eigenvalue weighted by molar-refractivity contribution is 0.0730. The molecule has 0 saturated carbocycles. The first-order valence-corrected chi connectivity index (χ1v) is 7.49. The van der Waals surface area contributed by atoms with Crippen LogP contribution >= 0.6 is 23.2 Å². The molecule has 5 heteroatoms. The van der Waals surface area contributed by atoms with Crippen LogP contribution in [0.1, 0.15) is 33.9 Å². The summed E-state index contributed by atoms with van der Waals surface area (Å²) in [4.78, 5) is 18.3. The summed E-state index contributed by atoms with van der Waals surface area (Å²) in [5, 5.41) is 0.588. The number of pyridine rings is 1. The Kier molecular flexibility index (Phi) is 3.87. The van der Waals surface area contributed by atoms with Gasteiger partial charge in [0.25, 0.3) is 5.91 Å². The maximum atomic E-state index is 12.7. The molecule has 1 atom stereocenters. The zero-order valence-electron chi connectivity index (χ0n) is 11.5. The number of fused-ring (bicyclic) bond motifs is 1.